The van der Waals surface area contributed by atoms with Gasteiger partial charge in [-0.15, -0.1) is 0 Å². The molecule has 2 aromatic heterocycles. The molecular formula is C27H32FN7O. The lowest BCUT2D eigenvalue weighted by Gasteiger charge is -2.34. The molecule has 0 amide bonds. The number of imidazole rings is 1. The molecule has 9 heteroatoms. The number of fused-ring (bicyclic) bond motifs is 1. The first-order valence-electron chi connectivity index (χ1n) is 12.2. The summed E-state index contributed by atoms with van der Waals surface area (Å²) < 4.78 is 22.7. The molecule has 5 rings (SSSR count). The molecule has 188 valence electrons. The highest BCUT2D eigenvalue weighted by atomic mass is 19.1. The zero-order valence-electron chi connectivity index (χ0n) is 21.4. The predicted octanol–water partition coefficient (Wildman–Crippen LogP) is 5.03. The summed E-state index contributed by atoms with van der Waals surface area (Å²) in [6.45, 7) is 10.1. The van der Waals surface area contributed by atoms with E-state index in [0.717, 1.165) is 48.9 Å². The number of piperazine rings is 1. The molecule has 1 N–H and O–H groups in total. The largest absolute Gasteiger partial charge is 0.494 e. The van der Waals surface area contributed by atoms with E-state index in [4.69, 9.17) is 4.74 Å². The van der Waals surface area contributed by atoms with Gasteiger partial charge in [0.15, 0.2) is 5.82 Å². The Labute approximate surface area is 210 Å². The summed E-state index contributed by atoms with van der Waals surface area (Å²) in [7, 11) is 3.80. The van der Waals surface area contributed by atoms with Crippen molar-refractivity contribution in [1.82, 2.24) is 24.4 Å². The van der Waals surface area contributed by atoms with E-state index >= 15 is 0 Å². The lowest BCUT2D eigenvalue weighted by molar-refractivity contribution is 0.312. The first kappa shape index (κ1) is 24.0. The minimum absolute atomic E-state index is 0.161. The molecule has 0 saturated carbocycles. The van der Waals surface area contributed by atoms with Crippen LogP contribution >= 0.6 is 0 Å². The third kappa shape index (κ3) is 4.58. The maximum absolute atomic E-state index is 15.0. The van der Waals surface area contributed by atoms with Crippen molar-refractivity contribution in [1.29, 1.82) is 0 Å². The number of halogens is 1. The molecule has 0 radical (unpaired) electrons. The molecule has 0 bridgehead atoms. The van der Waals surface area contributed by atoms with Gasteiger partial charge in [-0.2, -0.15) is 0 Å². The number of benzene rings is 2. The molecule has 1 fully saturated rings. The van der Waals surface area contributed by atoms with Gasteiger partial charge in [0.1, 0.15) is 17.1 Å². The topological polar surface area (TPSA) is 71.3 Å². The fraction of sp³-hybridized carbons (Fsp3) is 0.370. The lowest BCUT2D eigenvalue weighted by Crippen LogP contribution is -2.44. The van der Waals surface area contributed by atoms with Crippen molar-refractivity contribution in [2.24, 2.45) is 0 Å². The van der Waals surface area contributed by atoms with Gasteiger partial charge in [-0.3, -0.25) is 0 Å². The summed E-state index contributed by atoms with van der Waals surface area (Å²) in [5.74, 6) is 1.55. The Morgan fingerprint density at radius 2 is 1.81 bits per heavy atom. The van der Waals surface area contributed by atoms with Crippen molar-refractivity contribution in [3.63, 3.8) is 0 Å². The highest BCUT2D eigenvalue weighted by molar-refractivity contribution is 5.83. The number of nitrogens with zero attached hydrogens (tertiary/aromatic N) is 6. The number of nitrogens with one attached hydrogen (secondary N) is 1. The molecule has 3 heterocycles. The Kier molecular flexibility index (Phi) is 6.49. The van der Waals surface area contributed by atoms with Crippen molar-refractivity contribution in [3.8, 4) is 17.0 Å². The molecule has 0 atom stereocenters. The molecule has 1 saturated heterocycles. The standard InChI is InChI=1S/C27H32FN7O/c1-17(2)35-18(3)30-26-21(28)14-19(15-24(26)35)22-8-9-29-27(31-22)32-23-7-6-20(16-25(23)36-5)34-12-10-33(4)11-13-34/h6-9,14-17H,10-13H2,1-5H3,(H,29,31,32). The van der Waals surface area contributed by atoms with Gasteiger partial charge in [-0.1, -0.05) is 0 Å². The zero-order valence-corrected chi connectivity index (χ0v) is 21.4. The van der Waals surface area contributed by atoms with Crippen LogP contribution in [0.15, 0.2) is 42.6 Å². The SMILES string of the molecule is COc1cc(N2CCN(C)CC2)ccc1Nc1nccc(-c2cc(F)c3nc(C)n(C(C)C)c3c2)n1. The van der Waals surface area contributed by atoms with Crippen LogP contribution in [0.4, 0.5) is 21.7 Å². The van der Waals surface area contributed by atoms with Crippen LogP contribution in [-0.4, -0.2) is 64.8 Å². The van der Waals surface area contributed by atoms with Gasteiger partial charge in [-0.05, 0) is 58.2 Å². The second-order valence-electron chi connectivity index (χ2n) is 9.51. The maximum atomic E-state index is 15.0. The zero-order chi connectivity index (χ0) is 25.4. The fourth-order valence-electron chi connectivity index (χ4n) is 4.81. The minimum Gasteiger partial charge on any atom is -0.494 e. The summed E-state index contributed by atoms with van der Waals surface area (Å²) >= 11 is 0. The fourth-order valence-corrected chi connectivity index (χ4v) is 4.81. The number of rotatable bonds is 6. The Hall–Kier alpha value is -3.72. The first-order valence-corrected chi connectivity index (χ1v) is 12.2. The summed E-state index contributed by atoms with van der Waals surface area (Å²) in [6, 6.07) is 11.5. The number of aryl methyl sites for hydroxylation is 1. The lowest BCUT2D eigenvalue weighted by atomic mass is 10.1. The summed E-state index contributed by atoms with van der Waals surface area (Å²) in [6.07, 6.45) is 1.67. The first-order chi connectivity index (χ1) is 17.3. The molecule has 0 aliphatic carbocycles. The molecule has 1 aliphatic rings. The summed E-state index contributed by atoms with van der Waals surface area (Å²) in [4.78, 5) is 18.2. The number of hydrogen-bond acceptors (Lipinski definition) is 7. The molecule has 4 aromatic rings. The van der Waals surface area contributed by atoms with Crippen LogP contribution in [0.2, 0.25) is 0 Å². The van der Waals surface area contributed by atoms with Crippen LogP contribution in [0.25, 0.3) is 22.3 Å². The number of anilines is 3. The third-order valence-electron chi connectivity index (χ3n) is 6.69. The van der Waals surface area contributed by atoms with Crippen LogP contribution in [0.5, 0.6) is 5.75 Å². The van der Waals surface area contributed by atoms with Gasteiger partial charge in [0.25, 0.3) is 0 Å². The highest BCUT2D eigenvalue weighted by Gasteiger charge is 2.18. The molecule has 2 aromatic carbocycles. The van der Waals surface area contributed by atoms with Crippen molar-refractivity contribution in [2.75, 3.05) is 50.6 Å². The second-order valence-corrected chi connectivity index (χ2v) is 9.51. The van der Waals surface area contributed by atoms with E-state index in [1.54, 1.807) is 19.4 Å². The smallest absolute Gasteiger partial charge is 0.227 e. The van der Waals surface area contributed by atoms with Crippen LogP contribution in [-0.2, 0) is 0 Å². The predicted molar refractivity (Wildman–Crippen MR) is 142 cm³/mol. The normalized spacial score (nSPS) is 14.6. The number of likely N-dealkylation sites (N-methyl/N-ethyl adjacent to an activating group) is 1. The van der Waals surface area contributed by atoms with Gasteiger partial charge in [0, 0.05) is 55.7 Å². The Balaban J connectivity index is 1.44. The Bertz CT molecular complexity index is 1390. The van der Waals surface area contributed by atoms with E-state index < -0.39 is 0 Å². The Morgan fingerprint density at radius 3 is 2.53 bits per heavy atom. The molecule has 0 unspecified atom stereocenters. The van der Waals surface area contributed by atoms with Crippen molar-refractivity contribution >= 4 is 28.4 Å². The van der Waals surface area contributed by atoms with E-state index in [-0.39, 0.29) is 11.9 Å². The van der Waals surface area contributed by atoms with Crippen molar-refractivity contribution in [3.05, 3.63) is 54.2 Å². The van der Waals surface area contributed by atoms with Gasteiger partial charge >= 0.3 is 0 Å². The van der Waals surface area contributed by atoms with E-state index in [1.807, 2.05) is 29.7 Å². The third-order valence-corrected chi connectivity index (χ3v) is 6.69. The molecular weight excluding hydrogens is 457 g/mol. The molecule has 1 aliphatic heterocycles. The minimum atomic E-state index is -0.362. The van der Waals surface area contributed by atoms with E-state index in [0.29, 0.717) is 28.5 Å². The van der Waals surface area contributed by atoms with Crippen LogP contribution in [0, 0.1) is 12.7 Å². The summed E-state index contributed by atoms with van der Waals surface area (Å²) in [5.41, 5.74) is 4.32. The second kappa shape index (κ2) is 9.73. The highest BCUT2D eigenvalue weighted by Crippen LogP contribution is 2.33. The van der Waals surface area contributed by atoms with Crippen LogP contribution in [0.1, 0.15) is 25.7 Å². The van der Waals surface area contributed by atoms with E-state index in [9.17, 15) is 4.39 Å². The van der Waals surface area contributed by atoms with Crippen molar-refractivity contribution in [2.45, 2.75) is 26.8 Å². The van der Waals surface area contributed by atoms with Gasteiger partial charge in [0.2, 0.25) is 5.95 Å². The Morgan fingerprint density at radius 1 is 1.03 bits per heavy atom. The maximum Gasteiger partial charge on any atom is 0.227 e. The van der Waals surface area contributed by atoms with Gasteiger partial charge in [-0.25, -0.2) is 19.3 Å². The van der Waals surface area contributed by atoms with Crippen molar-refractivity contribution < 1.29 is 9.13 Å². The van der Waals surface area contributed by atoms with E-state index in [1.165, 1.54) is 6.07 Å². The van der Waals surface area contributed by atoms with Gasteiger partial charge in [0.05, 0.1) is 24.0 Å². The molecule has 0 spiro atoms. The molecule has 8 nitrogen and oxygen atoms in total. The van der Waals surface area contributed by atoms with Crippen LogP contribution < -0.4 is 15.0 Å². The van der Waals surface area contributed by atoms with E-state index in [2.05, 4.69) is 57.0 Å². The number of hydrogen-bond donors (Lipinski definition) is 1. The number of aromatic nitrogens is 4. The average molecular weight is 490 g/mol. The monoisotopic (exact) mass is 489 g/mol. The number of ether oxygens (including phenoxy) is 1. The summed E-state index contributed by atoms with van der Waals surface area (Å²) in [5, 5.41) is 3.27. The average Bonchev–Trinajstić information content (AvgIpc) is 3.21. The van der Waals surface area contributed by atoms with Crippen LogP contribution in [0.3, 0.4) is 0 Å². The van der Waals surface area contributed by atoms with Gasteiger partial charge < -0.3 is 24.4 Å². The number of methoxy groups -OCH3 is 1. The molecule has 36 heavy (non-hydrogen) atoms. The quantitative estimate of drug-likeness (QED) is 0.407.